The van der Waals surface area contributed by atoms with Crippen molar-refractivity contribution in [2.75, 3.05) is 11.5 Å². The Kier molecular flexibility index (Phi) is 1.92. The van der Waals surface area contributed by atoms with Crippen LogP contribution in [-0.4, -0.2) is 0 Å². The number of nitrogen functional groups attached to an aromatic ring is 2. The van der Waals surface area contributed by atoms with Gasteiger partial charge in [0.25, 0.3) is 0 Å². The quantitative estimate of drug-likeness (QED) is 0.596. The smallest absolute Gasteiger partial charge is 0.0823 e. The van der Waals surface area contributed by atoms with E-state index in [1.165, 1.54) is 0 Å². The Hall–Kier alpha value is -0.600. The zero-order chi connectivity index (χ0) is 7.72. The molecule has 0 saturated carbocycles. The molecule has 4 heteroatoms. The van der Waals surface area contributed by atoms with Crippen molar-refractivity contribution in [2.24, 2.45) is 0 Å². The van der Waals surface area contributed by atoms with Crippen LogP contribution >= 0.6 is 23.2 Å². The predicted octanol–water partition coefficient (Wildman–Crippen LogP) is 2.16. The fourth-order valence-electron chi connectivity index (χ4n) is 0.632. The van der Waals surface area contributed by atoms with Crippen LogP contribution in [0.15, 0.2) is 12.1 Å². The third-order valence-electron chi connectivity index (χ3n) is 1.08. The van der Waals surface area contributed by atoms with E-state index in [9.17, 15) is 0 Å². The van der Waals surface area contributed by atoms with Crippen molar-refractivity contribution in [1.82, 2.24) is 0 Å². The number of rotatable bonds is 0. The first-order valence-electron chi connectivity index (χ1n) is 2.61. The second-order valence-electron chi connectivity index (χ2n) is 1.91. The first kappa shape index (κ1) is 7.51. The number of hydrogen-bond acceptors (Lipinski definition) is 2. The van der Waals surface area contributed by atoms with Gasteiger partial charge in [-0.1, -0.05) is 23.2 Å². The predicted molar refractivity (Wildman–Crippen MR) is 45.3 cm³/mol. The van der Waals surface area contributed by atoms with Crippen molar-refractivity contribution in [1.29, 1.82) is 0 Å². The highest BCUT2D eigenvalue weighted by Crippen LogP contribution is 2.29. The van der Waals surface area contributed by atoms with Crippen LogP contribution in [0.1, 0.15) is 0 Å². The lowest BCUT2D eigenvalue weighted by atomic mass is 10.3. The van der Waals surface area contributed by atoms with E-state index in [1.54, 1.807) is 12.1 Å². The number of nitrogens with two attached hydrogens (primary N) is 2. The Labute approximate surface area is 68.7 Å². The fourth-order valence-corrected chi connectivity index (χ4v) is 0.976. The van der Waals surface area contributed by atoms with Crippen LogP contribution in [0.4, 0.5) is 11.4 Å². The molecular weight excluding hydrogens is 171 g/mol. The number of benzene rings is 1. The van der Waals surface area contributed by atoms with Gasteiger partial charge in [0.1, 0.15) is 0 Å². The van der Waals surface area contributed by atoms with E-state index in [0.29, 0.717) is 21.4 Å². The van der Waals surface area contributed by atoms with Gasteiger partial charge in [-0.2, -0.15) is 0 Å². The van der Waals surface area contributed by atoms with E-state index in [-0.39, 0.29) is 0 Å². The van der Waals surface area contributed by atoms with Gasteiger partial charge in [0.05, 0.1) is 15.7 Å². The second kappa shape index (κ2) is 2.56. The van der Waals surface area contributed by atoms with Crippen molar-refractivity contribution in [2.45, 2.75) is 0 Å². The molecule has 0 aliphatic heterocycles. The van der Waals surface area contributed by atoms with Gasteiger partial charge in [0, 0.05) is 5.69 Å². The van der Waals surface area contributed by atoms with Crippen LogP contribution in [0, 0.1) is 0 Å². The minimum atomic E-state index is 0.357. The lowest BCUT2D eigenvalue weighted by Gasteiger charge is -2.00. The fraction of sp³-hybridized carbons (Fsp3) is 0. The van der Waals surface area contributed by atoms with Gasteiger partial charge in [-0.05, 0) is 12.1 Å². The summed E-state index contributed by atoms with van der Waals surface area (Å²) in [6.45, 7) is 0. The molecule has 10 heavy (non-hydrogen) atoms. The zero-order valence-electron chi connectivity index (χ0n) is 5.07. The Morgan fingerprint density at radius 1 is 1.10 bits per heavy atom. The molecule has 1 aromatic rings. The van der Waals surface area contributed by atoms with E-state index in [2.05, 4.69) is 0 Å². The SMILES string of the molecule is Nc1cc(N)c(Cl)c(Cl)c1. The van der Waals surface area contributed by atoms with Gasteiger partial charge < -0.3 is 11.5 Å². The van der Waals surface area contributed by atoms with E-state index in [1.807, 2.05) is 0 Å². The first-order chi connectivity index (χ1) is 4.61. The lowest BCUT2D eigenvalue weighted by Crippen LogP contribution is -1.90. The number of hydrogen-bond donors (Lipinski definition) is 2. The van der Waals surface area contributed by atoms with Gasteiger partial charge >= 0.3 is 0 Å². The highest BCUT2D eigenvalue weighted by Gasteiger charge is 2.01. The van der Waals surface area contributed by atoms with Crippen LogP contribution in [0.2, 0.25) is 10.0 Å². The highest BCUT2D eigenvalue weighted by atomic mass is 35.5. The normalized spacial score (nSPS) is 9.80. The molecule has 0 radical (unpaired) electrons. The van der Waals surface area contributed by atoms with E-state index >= 15 is 0 Å². The Balaban J connectivity index is 3.31. The first-order valence-corrected chi connectivity index (χ1v) is 3.37. The van der Waals surface area contributed by atoms with Gasteiger partial charge in [0.15, 0.2) is 0 Å². The standard InChI is InChI=1S/C6H6Cl2N2/c7-4-1-3(9)2-5(10)6(4)8/h1-2H,9-10H2. The number of anilines is 2. The van der Waals surface area contributed by atoms with Gasteiger partial charge in [0.2, 0.25) is 0 Å². The third kappa shape index (κ3) is 1.28. The summed E-state index contributed by atoms with van der Waals surface area (Å²) in [5.74, 6) is 0. The maximum absolute atomic E-state index is 5.64. The summed E-state index contributed by atoms with van der Waals surface area (Å²) in [5.41, 5.74) is 11.8. The lowest BCUT2D eigenvalue weighted by molar-refractivity contribution is 1.66. The molecule has 0 amide bonds. The molecule has 2 nitrogen and oxygen atoms in total. The van der Waals surface area contributed by atoms with Crippen LogP contribution < -0.4 is 11.5 Å². The van der Waals surface area contributed by atoms with Gasteiger partial charge in [-0.25, -0.2) is 0 Å². The minimum Gasteiger partial charge on any atom is -0.399 e. The molecule has 1 rings (SSSR count). The molecule has 54 valence electrons. The maximum Gasteiger partial charge on any atom is 0.0823 e. The molecule has 0 aliphatic rings. The molecule has 0 aromatic heterocycles. The molecule has 0 unspecified atom stereocenters. The van der Waals surface area contributed by atoms with Crippen molar-refractivity contribution >= 4 is 34.6 Å². The van der Waals surface area contributed by atoms with Crippen LogP contribution in [0.25, 0.3) is 0 Å². The minimum absolute atomic E-state index is 0.357. The van der Waals surface area contributed by atoms with E-state index in [4.69, 9.17) is 34.7 Å². The second-order valence-corrected chi connectivity index (χ2v) is 2.69. The summed E-state index contributed by atoms with van der Waals surface area (Å²) in [6.07, 6.45) is 0. The Morgan fingerprint density at radius 2 is 1.70 bits per heavy atom. The Morgan fingerprint density at radius 3 is 2.20 bits per heavy atom. The van der Waals surface area contributed by atoms with E-state index < -0.39 is 0 Å². The summed E-state index contributed by atoms with van der Waals surface area (Å²) in [7, 11) is 0. The van der Waals surface area contributed by atoms with Gasteiger partial charge in [-0.15, -0.1) is 0 Å². The third-order valence-corrected chi connectivity index (χ3v) is 1.90. The van der Waals surface area contributed by atoms with Crippen molar-refractivity contribution in [3.8, 4) is 0 Å². The Bertz CT molecular complexity index is 237. The number of halogens is 2. The average molecular weight is 177 g/mol. The van der Waals surface area contributed by atoms with Crippen LogP contribution in [0.5, 0.6) is 0 Å². The molecule has 0 saturated heterocycles. The zero-order valence-corrected chi connectivity index (χ0v) is 6.58. The van der Waals surface area contributed by atoms with Gasteiger partial charge in [-0.3, -0.25) is 0 Å². The molecule has 0 spiro atoms. The molecule has 0 atom stereocenters. The summed E-state index contributed by atoms with van der Waals surface area (Å²) < 4.78 is 0. The van der Waals surface area contributed by atoms with Crippen LogP contribution in [0.3, 0.4) is 0 Å². The van der Waals surface area contributed by atoms with Crippen LogP contribution in [-0.2, 0) is 0 Å². The van der Waals surface area contributed by atoms with E-state index in [0.717, 1.165) is 0 Å². The largest absolute Gasteiger partial charge is 0.399 e. The summed E-state index contributed by atoms with van der Waals surface area (Å²) in [6, 6.07) is 3.12. The molecule has 0 aliphatic carbocycles. The summed E-state index contributed by atoms with van der Waals surface area (Å²) in [5, 5.41) is 0.745. The monoisotopic (exact) mass is 176 g/mol. The topological polar surface area (TPSA) is 52.0 Å². The molecule has 4 N–H and O–H groups in total. The molecular formula is C6H6Cl2N2. The van der Waals surface area contributed by atoms with Crippen molar-refractivity contribution < 1.29 is 0 Å². The molecule has 1 aromatic carbocycles. The highest BCUT2D eigenvalue weighted by molar-refractivity contribution is 6.43. The summed E-state index contributed by atoms with van der Waals surface area (Å²) >= 11 is 11.3. The summed E-state index contributed by atoms with van der Waals surface area (Å²) in [4.78, 5) is 0. The average Bonchev–Trinajstić information content (AvgIpc) is 1.82. The molecule has 0 heterocycles. The molecule has 0 fully saturated rings. The molecule has 0 bridgehead atoms. The van der Waals surface area contributed by atoms with Crippen molar-refractivity contribution in [3.63, 3.8) is 0 Å². The van der Waals surface area contributed by atoms with Crippen molar-refractivity contribution in [3.05, 3.63) is 22.2 Å². The maximum atomic E-state index is 5.64.